The fraction of sp³-hybridized carbons (Fsp3) is 0.778. The van der Waals surface area contributed by atoms with Crippen LogP contribution in [-0.2, 0) is 9.53 Å². The summed E-state index contributed by atoms with van der Waals surface area (Å²) < 4.78 is 4.95. The zero-order valence-corrected chi connectivity index (χ0v) is 9.76. The van der Waals surface area contributed by atoms with E-state index in [-0.39, 0.29) is 5.91 Å². The van der Waals surface area contributed by atoms with Crippen LogP contribution < -0.4 is 5.73 Å². The van der Waals surface area contributed by atoms with Gasteiger partial charge in [-0.1, -0.05) is 19.1 Å². The Morgan fingerprint density at radius 1 is 1.64 bits per heavy atom. The summed E-state index contributed by atoms with van der Waals surface area (Å²) in [5, 5.41) is 0. The molecule has 0 aromatic rings. The maximum absolute atomic E-state index is 11.7. The normalized spacial score (nSPS) is 12.2. The minimum atomic E-state index is -0.434. The first-order chi connectivity index (χ1) is 6.52. The second-order valence-electron chi connectivity index (χ2n) is 3.10. The number of carbonyl (C=O) groups excluding carboxylic acids is 1. The molecule has 0 aliphatic heterocycles. The molecular weight excluding hydrogens is 200 g/mol. The molecule has 2 N–H and O–H groups in total. The van der Waals surface area contributed by atoms with E-state index in [1.165, 1.54) is 7.11 Å². The van der Waals surface area contributed by atoms with E-state index >= 15 is 0 Å². The number of ether oxygens (including phenoxy) is 1. The van der Waals surface area contributed by atoms with Crippen molar-refractivity contribution in [2.75, 3.05) is 20.2 Å². The van der Waals surface area contributed by atoms with E-state index in [1.54, 1.807) is 11.8 Å². The van der Waals surface area contributed by atoms with E-state index in [2.05, 4.69) is 0 Å². The standard InChI is InChI=1S/C9H18N2O2S/c1-4-5-11(6-8(10)14)9(12)7(2)13-3/h7H,4-6H2,1-3H3,(H2,10,14). The summed E-state index contributed by atoms with van der Waals surface area (Å²) in [5.41, 5.74) is 5.40. The van der Waals surface area contributed by atoms with Gasteiger partial charge in [-0.15, -0.1) is 0 Å². The molecule has 0 rings (SSSR count). The van der Waals surface area contributed by atoms with Crippen LogP contribution in [0.2, 0.25) is 0 Å². The Labute approximate surface area is 90.4 Å². The number of nitrogens with zero attached hydrogens (tertiary/aromatic N) is 1. The van der Waals surface area contributed by atoms with Crippen LogP contribution in [0.25, 0.3) is 0 Å². The average Bonchev–Trinajstić information content (AvgIpc) is 2.14. The third-order valence-corrected chi connectivity index (χ3v) is 1.98. The molecule has 1 atom stereocenters. The summed E-state index contributed by atoms with van der Waals surface area (Å²) in [6.45, 7) is 4.70. The highest BCUT2D eigenvalue weighted by Crippen LogP contribution is 1.99. The molecule has 0 aromatic carbocycles. The van der Waals surface area contributed by atoms with Gasteiger partial charge in [0.25, 0.3) is 5.91 Å². The van der Waals surface area contributed by atoms with Crippen LogP contribution in [0.5, 0.6) is 0 Å². The van der Waals surface area contributed by atoms with E-state index in [0.29, 0.717) is 18.1 Å². The van der Waals surface area contributed by atoms with Crippen LogP contribution in [0.4, 0.5) is 0 Å². The number of amides is 1. The van der Waals surface area contributed by atoms with Crippen LogP contribution in [-0.4, -0.2) is 42.1 Å². The molecular formula is C9H18N2O2S. The van der Waals surface area contributed by atoms with Crippen molar-refractivity contribution in [1.29, 1.82) is 0 Å². The van der Waals surface area contributed by atoms with Gasteiger partial charge in [0, 0.05) is 13.7 Å². The van der Waals surface area contributed by atoms with Gasteiger partial charge in [-0.25, -0.2) is 0 Å². The minimum absolute atomic E-state index is 0.0675. The molecule has 0 bridgehead atoms. The molecule has 0 heterocycles. The summed E-state index contributed by atoms with van der Waals surface area (Å²) in [5.74, 6) is -0.0675. The van der Waals surface area contributed by atoms with E-state index in [4.69, 9.17) is 22.7 Å². The zero-order chi connectivity index (χ0) is 11.1. The molecule has 1 unspecified atom stereocenters. The fourth-order valence-corrected chi connectivity index (χ4v) is 1.24. The monoisotopic (exact) mass is 218 g/mol. The predicted molar refractivity (Wildman–Crippen MR) is 60.1 cm³/mol. The van der Waals surface area contributed by atoms with Crippen LogP contribution in [0.1, 0.15) is 20.3 Å². The van der Waals surface area contributed by atoms with Gasteiger partial charge in [0.05, 0.1) is 11.5 Å². The van der Waals surface area contributed by atoms with E-state index in [0.717, 1.165) is 6.42 Å². The Kier molecular flexibility index (Phi) is 6.40. The number of hydrogen-bond donors (Lipinski definition) is 1. The molecule has 82 valence electrons. The molecule has 0 aliphatic carbocycles. The highest BCUT2D eigenvalue weighted by Gasteiger charge is 2.19. The largest absolute Gasteiger partial charge is 0.392 e. The van der Waals surface area contributed by atoms with Crippen LogP contribution in [0.15, 0.2) is 0 Å². The second-order valence-corrected chi connectivity index (χ2v) is 3.63. The summed E-state index contributed by atoms with van der Waals surface area (Å²) in [4.78, 5) is 13.6. The van der Waals surface area contributed by atoms with Crippen molar-refractivity contribution in [3.05, 3.63) is 0 Å². The van der Waals surface area contributed by atoms with Gasteiger partial charge in [0.2, 0.25) is 0 Å². The minimum Gasteiger partial charge on any atom is -0.392 e. The number of nitrogens with two attached hydrogens (primary N) is 1. The number of hydrogen-bond acceptors (Lipinski definition) is 3. The first kappa shape index (κ1) is 13.3. The summed E-state index contributed by atoms with van der Waals surface area (Å²) in [6, 6.07) is 0. The smallest absolute Gasteiger partial charge is 0.251 e. The van der Waals surface area contributed by atoms with E-state index < -0.39 is 6.10 Å². The maximum Gasteiger partial charge on any atom is 0.251 e. The van der Waals surface area contributed by atoms with Crippen molar-refractivity contribution in [1.82, 2.24) is 4.90 Å². The van der Waals surface area contributed by atoms with Crippen molar-refractivity contribution in [2.24, 2.45) is 5.73 Å². The molecule has 4 nitrogen and oxygen atoms in total. The molecule has 1 amide bonds. The van der Waals surface area contributed by atoms with Gasteiger partial charge in [-0.2, -0.15) is 0 Å². The lowest BCUT2D eigenvalue weighted by Gasteiger charge is -2.24. The molecule has 0 aromatic heterocycles. The van der Waals surface area contributed by atoms with Crippen molar-refractivity contribution in [3.63, 3.8) is 0 Å². The van der Waals surface area contributed by atoms with Gasteiger partial charge in [0.1, 0.15) is 6.10 Å². The number of carbonyl (C=O) groups is 1. The first-order valence-corrected chi connectivity index (χ1v) is 5.03. The Morgan fingerprint density at radius 3 is 2.57 bits per heavy atom. The van der Waals surface area contributed by atoms with Gasteiger partial charge in [0.15, 0.2) is 0 Å². The first-order valence-electron chi connectivity index (χ1n) is 4.62. The van der Waals surface area contributed by atoms with Gasteiger partial charge in [-0.05, 0) is 13.3 Å². The molecule has 0 spiro atoms. The van der Waals surface area contributed by atoms with Gasteiger partial charge in [-0.3, -0.25) is 4.79 Å². The Balaban J connectivity index is 4.31. The highest BCUT2D eigenvalue weighted by atomic mass is 32.1. The predicted octanol–water partition coefficient (Wildman–Crippen LogP) is 0.546. The summed E-state index contributed by atoms with van der Waals surface area (Å²) in [6.07, 6.45) is 0.445. The third-order valence-electron chi connectivity index (χ3n) is 1.85. The lowest BCUT2D eigenvalue weighted by molar-refractivity contribution is -0.140. The van der Waals surface area contributed by atoms with Crippen molar-refractivity contribution in [3.8, 4) is 0 Å². The van der Waals surface area contributed by atoms with Crippen LogP contribution in [0.3, 0.4) is 0 Å². The van der Waals surface area contributed by atoms with Gasteiger partial charge < -0.3 is 15.4 Å². The molecule has 0 fully saturated rings. The Hall–Kier alpha value is -0.680. The second kappa shape index (κ2) is 6.73. The molecule has 0 aliphatic rings. The van der Waals surface area contributed by atoms with E-state index in [9.17, 15) is 4.79 Å². The number of methoxy groups -OCH3 is 1. The van der Waals surface area contributed by atoms with Crippen LogP contribution >= 0.6 is 12.2 Å². The van der Waals surface area contributed by atoms with Gasteiger partial charge >= 0.3 is 0 Å². The summed E-state index contributed by atoms with van der Waals surface area (Å²) >= 11 is 4.77. The van der Waals surface area contributed by atoms with Crippen molar-refractivity contribution < 1.29 is 9.53 Å². The third kappa shape index (κ3) is 4.53. The average molecular weight is 218 g/mol. The fourth-order valence-electron chi connectivity index (χ4n) is 1.08. The van der Waals surface area contributed by atoms with Crippen LogP contribution in [0, 0.1) is 0 Å². The molecule has 14 heavy (non-hydrogen) atoms. The molecule has 5 heteroatoms. The van der Waals surface area contributed by atoms with Crippen molar-refractivity contribution >= 4 is 23.1 Å². The quantitative estimate of drug-likeness (QED) is 0.661. The van der Waals surface area contributed by atoms with Crippen molar-refractivity contribution in [2.45, 2.75) is 26.4 Å². The lowest BCUT2D eigenvalue weighted by Crippen LogP contribution is -2.43. The topological polar surface area (TPSA) is 55.6 Å². The SMILES string of the molecule is CCCN(CC(N)=S)C(=O)C(C)OC. The highest BCUT2D eigenvalue weighted by molar-refractivity contribution is 7.80. The van der Waals surface area contributed by atoms with E-state index in [1.807, 2.05) is 6.92 Å². The molecule has 0 radical (unpaired) electrons. The zero-order valence-electron chi connectivity index (χ0n) is 8.95. The Morgan fingerprint density at radius 2 is 2.21 bits per heavy atom. The summed E-state index contributed by atoms with van der Waals surface area (Å²) in [7, 11) is 1.51. The number of rotatable bonds is 6. The maximum atomic E-state index is 11.7. The molecule has 0 saturated heterocycles. The number of thiocarbonyl (C=S) groups is 1. The Bertz CT molecular complexity index is 209. The lowest BCUT2D eigenvalue weighted by atomic mass is 10.3. The molecule has 0 saturated carbocycles.